The van der Waals surface area contributed by atoms with E-state index < -0.39 is 11.6 Å². The molecule has 2 saturated carbocycles. The zero-order chi connectivity index (χ0) is 15.1. The highest BCUT2D eigenvalue weighted by molar-refractivity contribution is 5.93. The Morgan fingerprint density at radius 1 is 1.10 bits per heavy atom. The van der Waals surface area contributed by atoms with Crippen molar-refractivity contribution in [1.82, 2.24) is 0 Å². The highest BCUT2D eigenvalue weighted by atomic mass is 19.1. The first kappa shape index (κ1) is 14.0. The number of aliphatic imine (C=N–C) groups is 1. The molecule has 3 rings (SSSR count). The van der Waals surface area contributed by atoms with Gasteiger partial charge >= 0.3 is 0 Å². The lowest BCUT2D eigenvalue weighted by Gasteiger charge is -2.29. The van der Waals surface area contributed by atoms with Crippen LogP contribution < -0.4 is 11.5 Å². The quantitative estimate of drug-likeness (QED) is 0.645. The maximum absolute atomic E-state index is 13.5. The van der Waals surface area contributed by atoms with Gasteiger partial charge in [0.15, 0.2) is 5.96 Å². The van der Waals surface area contributed by atoms with Gasteiger partial charge in [-0.05, 0) is 54.7 Å². The van der Waals surface area contributed by atoms with Crippen molar-refractivity contribution in [2.75, 3.05) is 0 Å². The maximum atomic E-state index is 13.5. The summed E-state index contributed by atoms with van der Waals surface area (Å²) in [6, 6.07) is 3.46. The first-order valence-electron chi connectivity index (χ1n) is 7.05. The summed E-state index contributed by atoms with van der Waals surface area (Å²) in [6.45, 7) is 0. The van der Waals surface area contributed by atoms with Crippen LogP contribution in [0.2, 0.25) is 0 Å². The van der Waals surface area contributed by atoms with Crippen LogP contribution in [0.1, 0.15) is 30.7 Å². The van der Waals surface area contributed by atoms with E-state index in [1.807, 2.05) is 0 Å². The predicted octanol–water partition coefficient (Wildman–Crippen LogP) is 1.89. The minimum atomic E-state index is -0.624. The largest absolute Gasteiger partial charge is 0.370 e. The van der Waals surface area contributed by atoms with Gasteiger partial charge in [-0.1, -0.05) is 0 Å². The second-order valence-electron chi connectivity index (χ2n) is 5.96. The Morgan fingerprint density at radius 3 is 2.33 bits per heavy atom. The second-order valence-corrected chi connectivity index (χ2v) is 5.96. The van der Waals surface area contributed by atoms with E-state index >= 15 is 0 Å². The highest BCUT2D eigenvalue weighted by Gasteiger charge is 2.51. The number of nitrogens with two attached hydrogens (primary N) is 2. The second kappa shape index (κ2) is 5.09. The molecule has 112 valence electrons. The molecule has 4 nitrogen and oxygen atoms in total. The fourth-order valence-electron chi connectivity index (χ4n) is 4.10. The van der Waals surface area contributed by atoms with Crippen LogP contribution in [0.5, 0.6) is 0 Å². The molecule has 2 fully saturated rings. The van der Waals surface area contributed by atoms with Crippen LogP contribution in [-0.4, -0.2) is 11.9 Å². The summed E-state index contributed by atoms with van der Waals surface area (Å²) in [5, 5.41) is 0. The number of amides is 1. The summed E-state index contributed by atoms with van der Waals surface area (Å²) in [6.07, 6.45) is 2.80. The Labute approximate surface area is 121 Å². The van der Waals surface area contributed by atoms with Crippen LogP contribution in [0.3, 0.4) is 0 Å². The summed E-state index contributed by atoms with van der Waals surface area (Å²) < 4.78 is 26.9. The van der Waals surface area contributed by atoms with E-state index in [0.29, 0.717) is 5.56 Å². The Balaban J connectivity index is 1.98. The molecular formula is C15H17F2N3O. The van der Waals surface area contributed by atoms with Crippen LogP contribution in [0, 0.1) is 29.4 Å². The third-order valence-corrected chi connectivity index (χ3v) is 4.71. The molecule has 6 heteroatoms. The van der Waals surface area contributed by atoms with E-state index in [-0.39, 0.29) is 35.5 Å². The molecule has 2 unspecified atom stereocenters. The van der Waals surface area contributed by atoms with Crippen molar-refractivity contribution < 1.29 is 13.6 Å². The minimum absolute atomic E-state index is 0.196. The molecule has 1 aromatic carbocycles. The Bertz CT molecular complexity index is 593. The van der Waals surface area contributed by atoms with Crippen molar-refractivity contribution in [2.45, 2.75) is 25.2 Å². The van der Waals surface area contributed by atoms with Crippen molar-refractivity contribution in [3.8, 4) is 0 Å². The molecule has 0 heterocycles. The number of rotatable bonds is 2. The van der Waals surface area contributed by atoms with Gasteiger partial charge in [0.25, 0.3) is 5.91 Å². The van der Waals surface area contributed by atoms with Gasteiger partial charge in [-0.3, -0.25) is 4.79 Å². The SMILES string of the molecule is NC(N)=NC(=O)[C@@H]1C2CCC(C2)[C@H]1c1cc(F)cc(F)c1. The number of fused-ring (bicyclic) bond motifs is 2. The smallest absolute Gasteiger partial charge is 0.252 e. The highest BCUT2D eigenvalue weighted by Crippen LogP contribution is 2.57. The maximum Gasteiger partial charge on any atom is 0.252 e. The molecule has 4 N–H and O–H groups in total. The molecule has 21 heavy (non-hydrogen) atoms. The summed E-state index contributed by atoms with van der Waals surface area (Å²) >= 11 is 0. The zero-order valence-electron chi connectivity index (χ0n) is 11.4. The average molecular weight is 293 g/mol. The lowest BCUT2D eigenvalue weighted by Crippen LogP contribution is -2.31. The predicted molar refractivity (Wildman–Crippen MR) is 74.2 cm³/mol. The van der Waals surface area contributed by atoms with Crippen molar-refractivity contribution in [1.29, 1.82) is 0 Å². The number of hydrogen-bond acceptors (Lipinski definition) is 1. The van der Waals surface area contributed by atoms with E-state index in [1.165, 1.54) is 12.1 Å². The van der Waals surface area contributed by atoms with Gasteiger partial charge in [0.1, 0.15) is 11.6 Å². The van der Waals surface area contributed by atoms with E-state index in [9.17, 15) is 13.6 Å². The fourth-order valence-corrected chi connectivity index (χ4v) is 4.10. The number of hydrogen-bond donors (Lipinski definition) is 2. The van der Waals surface area contributed by atoms with Crippen molar-refractivity contribution in [3.05, 3.63) is 35.4 Å². The van der Waals surface area contributed by atoms with E-state index in [2.05, 4.69) is 4.99 Å². The van der Waals surface area contributed by atoms with Gasteiger partial charge in [0, 0.05) is 6.07 Å². The molecule has 1 aromatic rings. The third kappa shape index (κ3) is 2.50. The lowest BCUT2D eigenvalue weighted by atomic mass is 9.75. The summed E-state index contributed by atoms with van der Waals surface area (Å²) in [5.41, 5.74) is 11.1. The zero-order valence-corrected chi connectivity index (χ0v) is 11.4. The number of benzene rings is 1. The molecule has 0 spiro atoms. The van der Waals surface area contributed by atoms with Gasteiger partial charge in [-0.15, -0.1) is 0 Å². The summed E-state index contributed by atoms with van der Waals surface area (Å²) in [5.74, 6) is -2.02. The molecular weight excluding hydrogens is 276 g/mol. The third-order valence-electron chi connectivity index (χ3n) is 4.71. The number of guanidine groups is 1. The number of halogens is 2. The monoisotopic (exact) mass is 293 g/mol. The molecule has 0 aromatic heterocycles. The van der Waals surface area contributed by atoms with Crippen LogP contribution in [0.15, 0.2) is 23.2 Å². The van der Waals surface area contributed by atoms with E-state index in [1.54, 1.807) is 0 Å². The Hall–Kier alpha value is -1.98. The van der Waals surface area contributed by atoms with Gasteiger partial charge in [0.05, 0.1) is 5.92 Å². The summed E-state index contributed by atoms with van der Waals surface area (Å²) in [7, 11) is 0. The van der Waals surface area contributed by atoms with E-state index in [0.717, 1.165) is 25.3 Å². The lowest BCUT2D eigenvalue weighted by molar-refractivity contribution is -0.123. The molecule has 2 aliphatic rings. The number of carbonyl (C=O) groups is 1. The van der Waals surface area contributed by atoms with Crippen LogP contribution >= 0.6 is 0 Å². The van der Waals surface area contributed by atoms with Crippen molar-refractivity contribution >= 4 is 11.9 Å². The van der Waals surface area contributed by atoms with Crippen LogP contribution in [0.4, 0.5) is 8.78 Å². The van der Waals surface area contributed by atoms with Crippen molar-refractivity contribution in [3.63, 3.8) is 0 Å². The normalized spacial score (nSPS) is 30.4. The molecule has 0 radical (unpaired) electrons. The molecule has 4 atom stereocenters. The molecule has 2 aliphatic carbocycles. The minimum Gasteiger partial charge on any atom is -0.370 e. The average Bonchev–Trinajstić information content (AvgIpc) is 2.96. The first-order chi connectivity index (χ1) is 9.95. The first-order valence-corrected chi connectivity index (χ1v) is 7.05. The Morgan fingerprint density at radius 2 is 1.71 bits per heavy atom. The van der Waals surface area contributed by atoms with Gasteiger partial charge in [-0.25, -0.2) is 8.78 Å². The van der Waals surface area contributed by atoms with Gasteiger partial charge < -0.3 is 11.5 Å². The topological polar surface area (TPSA) is 81.5 Å². The molecule has 0 saturated heterocycles. The molecule has 0 aliphatic heterocycles. The standard InChI is InChI=1S/C15H17F2N3O/c16-10-4-9(5-11(17)6-10)12-7-1-2-8(3-7)13(12)14(21)20-15(18)19/h4-8,12-13H,1-3H2,(H4,18,19,20,21)/t7?,8?,12-,13+/m0/s1. The van der Waals surface area contributed by atoms with Gasteiger partial charge in [-0.2, -0.15) is 4.99 Å². The molecule has 1 amide bonds. The van der Waals surface area contributed by atoms with Crippen LogP contribution in [-0.2, 0) is 4.79 Å². The van der Waals surface area contributed by atoms with Gasteiger partial charge in [0.2, 0.25) is 0 Å². The fraction of sp³-hybridized carbons (Fsp3) is 0.467. The number of nitrogens with zero attached hydrogens (tertiary/aromatic N) is 1. The molecule has 2 bridgehead atoms. The van der Waals surface area contributed by atoms with Crippen LogP contribution in [0.25, 0.3) is 0 Å². The Kier molecular flexibility index (Phi) is 3.39. The summed E-state index contributed by atoms with van der Waals surface area (Å²) in [4.78, 5) is 15.9. The number of carbonyl (C=O) groups excluding carboxylic acids is 1. The van der Waals surface area contributed by atoms with E-state index in [4.69, 9.17) is 11.5 Å². The van der Waals surface area contributed by atoms with Crippen molar-refractivity contribution in [2.24, 2.45) is 34.2 Å².